The molecular formula is C19H21N3O2. The van der Waals surface area contributed by atoms with Gasteiger partial charge in [0.15, 0.2) is 0 Å². The number of nitrogens with zero attached hydrogens (tertiary/aromatic N) is 2. The van der Waals surface area contributed by atoms with Crippen molar-refractivity contribution in [3.8, 4) is 5.69 Å². The van der Waals surface area contributed by atoms with E-state index in [-0.39, 0.29) is 17.9 Å². The minimum Gasteiger partial charge on any atom is -0.352 e. The van der Waals surface area contributed by atoms with Crippen molar-refractivity contribution in [2.45, 2.75) is 37.8 Å². The molecule has 1 atom stereocenters. The quantitative estimate of drug-likeness (QED) is 0.939. The van der Waals surface area contributed by atoms with Crippen molar-refractivity contribution in [2.75, 3.05) is 6.54 Å². The molecule has 4 rings (SSSR count). The molecule has 5 heteroatoms. The molecule has 2 aliphatic rings. The zero-order valence-corrected chi connectivity index (χ0v) is 13.5. The number of nitrogens with one attached hydrogen (secondary N) is 1. The van der Waals surface area contributed by atoms with Crippen LogP contribution in [0.1, 0.15) is 36.0 Å². The van der Waals surface area contributed by atoms with E-state index < -0.39 is 0 Å². The van der Waals surface area contributed by atoms with Crippen LogP contribution in [0, 0.1) is 0 Å². The molecule has 1 aromatic heterocycles. The summed E-state index contributed by atoms with van der Waals surface area (Å²) in [6.45, 7) is 0.654. The highest BCUT2D eigenvalue weighted by molar-refractivity contribution is 5.98. The summed E-state index contributed by atoms with van der Waals surface area (Å²) in [5, 5.41) is 3.02. The maximum Gasteiger partial charge on any atom is 0.254 e. The molecule has 2 heterocycles. The highest BCUT2D eigenvalue weighted by atomic mass is 16.2. The summed E-state index contributed by atoms with van der Waals surface area (Å²) in [7, 11) is 0. The second kappa shape index (κ2) is 6.15. The lowest BCUT2D eigenvalue weighted by Crippen LogP contribution is -2.46. The molecule has 1 aromatic carbocycles. The fourth-order valence-corrected chi connectivity index (χ4v) is 3.26. The maximum atomic E-state index is 12.8. The van der Waals surface area contributed by atoms with Gasteiger partial charge < -0.3 is 14.8 Å². The van der Waals surface area contributed by atoms with E-state index in [1.807, 2.05) is 53.4 Å². The van der Waals surface area contributed by atoms with Crippen molar-refractivity contribution in [1.29, 1.82) is 0 Å². The summed E-state index contributed by atoms with van der Waals surface area (Å²) < 4.78 is 2.00. The Morgan fingerprint density at radius 1 is 1.00 bits per heavy atom. The molecule has 1 saturated carbocycles. The summed E-state index contributed by atoms with van der Waals surface area (Å²) in [5.74, 6) is -0.0465. The molecular weight excluding hydrogens is 302 g/mol. The Hall–Kier alpha value is -2.56. The van der Waals surface area contributed by atoms with Gasteiger partial charge in [-0.3, -0.25) is 9.59 Å². The van der Waals surface area contributed by atoms with Crippen LogP contribution in [0.15, 0.2) is 48.8 Å². The lowest BCUT2D eigenvalue weighted by Gasteiger charge is -2.24. The highest BCUT2D eigenvalue weighted by Gasteiger charge is 2.36. The number of carbonyl (C=O) groups excluding carboxylic acids is 2. The van der Waals surface area contributed by atoms with E-state index in [4.69, 9.17) is 0 Å². The number of rotatable bonds is 4. The Morgan fingerprint density at radius 3 is 2.38 bits per heavy atom. The zero-order chi connectivity index (χ0) is 16.5. The van der Waals surface area contributed by atoms with Gasteiger partial charge >= 0.3 is 0 Å². The predicted molar refractivity (Wildman–Crippen MR) is 91.0 cm³/mol. The molecule has 1 aliphatic heterocycles. The Labute approximate surface area is 141 Å². The van der Waals surface area contributed by atoms with E-state index in [1.165, 1.54) is 0 Å². The molecule has 1 unspecified atom stereocenters. The molecule has 2 fully saturated rings. The van der Waals surface area contributed by atoms with Crippen LogP contribution in [0.2, 0.25) is 0 Å². The van der Waals surface area contributed by atoms with Crippen molar-refractivity contribution < 1.29 is 9.59 Å². The third kappa shape index (κ3) is 2.94. The fraction of sp³-hybridized carbons (Fsp3) is 0.368. The lowest BCUT2D eigenvalue weighted by molar-refractivity contribution is -0.125. The molecule has 1 N–H and O–H groups in total. The topological polar surface area (TPSA) is 54.3 Å². The fourth-order valence-electron chi connectivity index (χ4n) is 3.26. The summed E-state index contributed by atoms with van der Waals surface area (Å²) in [4.78, 5) is 26.9. The van der Waals surface area contributed by atoms with Crippen LogP contribution in [-0.2, 0) is 4.79 Å². The number of benzene rings is 1. The molecule has 0 radical (unpaired) electrons. The number of amides is 2. The van der Waals surface area contributed by atoms with Gasteiger partial charge in [-0.25, -0.2) is 0 Å². The Bertz CT molecular complexity index is 732. The molecule has 5 nitrogen and oxygen atoms in total. The first-order valence-electron chi connectivity index (χ1n) is 8.57. The highest BCUT2D eigenvalue weighted by Crippen LogP contribution is 2.24. The minimum atomic E-state index is -0.317. The SMILES string of the molecule is O=C(NC1CC1)C1CCCN1C(=O)c1ccc(-n2cccc2)cc1. The van der Waals surface area contributed by atoms with Gasteiger partial charge in [0.25, 0.3) is 5.91 Å². The van der Waals surface area contributed by atoms with Crippen LogP contribution >= 0.6 is 0 Å². The summed E-state index contributed by atoms with van der Waals surface area (Å²) in [5.41, 5.74) is 1.65. The molecule has 24 heavy (non-hydrogen) atoms. The standard InChI is InChI=1S/C19H21N3O2/c23-18(20-15-7-8-15)17-4-3-13-22(17)19(24)14-5-9-16(10-6-14)21-11-1-2-12-21/h1-2,5-6,9-12,15,17H,3-4,7-8,13H2,(H,20,23). The van der Waals surface area contributed by atoms with E-state index in [0.717, 1.165) is 31.4 Å². The van der Waals surface area contributed by atoms with Crippen LogP contribution in [0.4, 0.5) is 0 Å². The first-order valence-corrected chi connectivity index (χ1v) is 8.57. The second-order valence-corrected chi connectivity index (χ2v) is 6.58. The summed E-state index contributed by atoms with van der Waals surface area (Å²) in [6.07, 6.45) is 7.70. The third-order valence-electron chi connectivity index (χ3n) is 4.76. The molecule has 124 valence electrons. The van der Waals surface area contributed by atoms with Gasteiger partial charge in [0.2, 0.25) is 5.91 Å². The van der Waals surface area contributed by atoms with E-state index >= 15 is 0 Å². The van der Waals surface area contributed by atoms with Gasteiger partial charge in [0, 0.05) is 36.2 Å². The van der Waals surface area contributed by atoms with E-state index in [9.17, 15) is 9.59 Å². The van der Waals surface area contributed by atoms with Gasteiger partial charge in [0.1, 0.15) is 6.04 Å². The Morgan fingerprint density at radius 2 is 1.71 bits per heavy atom. The normalized spacial score (nSPS) is 20.2. The smallest absolute Gasteiger partial charge is 0.254 e. The summed E-state index contributed by atoms with van der Waals surface area (Å²) in [6, 6.07) is 11.5. The van der Waals surface area contributed by atoms with Crippen LogP contribution in [0.3, 0.4) is 0 Å². The number of aromatic nitrogens is 1. The predicted octanol–water partition coefficient (Wildman–Crippen LogP) is 2.36. The largest absolute Gasteiger partial charge is 0.352 e. The summed E-state index contributed by atoms with van der Waals surface area (Å²) >= 11 is 0. The molecule has 0 bridgehead atoms. The van der Waals surface area contributed by atoms with E-state index in [2.05, 4.69) is 5.32 Å². The number of carbonyl (C=O) groups is 2. The van der Waals surface area contributed by atoms with Gasteiger partial charge in [-0.1, -0.05) is 0 Å². The second-order valence-electron chi connectivity index (χ2n) is 6.58. The van der Waals surface area contributed by atoms with Crippen molar-refractivity contribution in [1.82, 2.24) is 14.8 Å². The minimum absolute atomic E-state index is 0.00677. The average molecular weight is 323 g/mol. The number of likely N-dealkylation sites (tertiary alicyclic amines) is 1. The van der Waals surface area contributed by atoms with E-state index in [0.29, 0.717) is 18.2 Å². The van der Waals surface area contributed by atoms with Crippen molar-refractivity contribution >= 4 is 11.8 Å². The molecule has 2 aromatic rings. The van der Waals surface area contributed by atoms with Crippen molar-refractivity contribution in [2.24, 2.45) is 0 Å². The Kier molecular flexibility index (Phi) is 3.84. The van der Waals surface area contributed by atoms with Crippen LogP contribution in [0.25, 0.3) is 5.69 Å². The molecule has 2 amide bonds. The number of hydrogen-bond acceptors (Lipinski definition) is 2. The Balaban J connectivity index is 1.48. The monoisotopic (exact) mass is 323 g/mol. The maximum absolute atomic E-state index is 12.8. The van der Waals surface area contributed by atoms with Gasteiger partial charge in [-0.2, -0.15) is 0 Å². The van der Waals surface area contributed by atoms with Gasteiger partial charge in [0.05, 0.1) is 0 Å². The molecule has 1 aliphatic carbocycles. The van der Waals surface area contributed by atoms with Crippen LogP contribution in [-0.4, -0.2) is 39.9 Å². The number of hydrogen-bond donors (Lipinski definition) is 1. The van der Waals surface area contributed by atoms with Gasteiger partial charge in [-0.05, 0) is 62.1 Å². The average Bonchev–Trinajstić information content (AvgIpc) is 3.09. The zero-order valence-electron chi connectivity index (χ0n) is 13.5. The van der Waals surface area contributed by atoms with Crippen molar-refractivity contribution in [3.63, 3.8) is 0 Å². The molecule has 0 spiro atoms. The first kappa shape index (κ1) is 15.0. The lowest BCUT2D eigenvalue weighted by atomic mass is 10.1. The van der Waals surface area contributed by atoms with E-state index in [1.54, 1.807) is 4.90 Å². The van der Waals surface area contributed by atoms with Crippen LogP contribution in [0.5, 0.6) is 0 Å². The van der Waals surface area contributed by atoms with Gasteiger partial charge in [-0.15, -0.1) is 0 Å². The van der Waals surface area contributed by atoms with Crippen molar-refractivity contribution in [3.05, 3.63) is 54.4 Å². The first-order chi connectivity index (χ1) is 11.7. The van der Waals surface area contributed by atoms with Crippen LogP contribution < -0.4 is 5.32 Å². The molecule has 1 saturated heterocycles. The third-order valence-corrected chi connectivity index (χ3v) is 4.76.